The molecule has 1 unspecified atom stereocenters. The second-order valence-corrected chi connectivity index (χ2v) is 6.12. The van der Waals surface area contributed by atoms with E-state index >= 15 is 0 Å². The third-order valence-electron chi connectivity index (χ3n) is 3.79. The summed E-state index contributed by atoms with van der Waals surface area (Å²) in [7, 11) is 0. The van der Waals surface area contributed by atoms with Crippen molar-refractivity contribution in [2.75, 3.05) is 13.2 Å². The lowest BCUT2D eigenvalue weighted by Crippen LogP contribution is -2.49. The van der Waals surface area contributed by atoms with E-state index in [0.29, 0.717) is 29.8 Å². The summed E-state index contributed by atoms with van der Waals surface area (Å²) in [4.78, 5) is 2.19. The lowest BCUT2D eigenvalue weighted by atomic mass is 10.0. The SMILES string of the molecule is CC1(C2C=CC=CN2Cc2ccc(Cl)c(Cl)c2)OCCO1. The van der Waals surface area contributed by atoms with Gasteiger partial charge in [-0.05, 0) is 30.7 Å². The molecule has 0 amide bonds. The summed E-state index contributed by atoms with van der Waals surface area (Å²) in [6.07, 6.45) is 8.17. The third-order valence-corrected chi connectivity index (χ3v) is 4.53. The number of hydrogen-bond acceptors (Lipinski definition) is 3. The molecule has 0 radical (unpaired) electrons. The summed E-state index contributed by atoms with van der Waals surface area (Å²) in [6.45, 7) is 3.96. The van der Waals surface area contributed by atoms with Crippen molar-refractivity contribution >= 4 is 23.2 Å². The minimum Gasteiger partial charge on any atom is -0.361 e. The Kier molecular flexibility index (Phi) is 4.27. The smallest absolute Gasteiger partial charge is 0.189 e. The molecule has 1 saturated heterocycles. The highest BCUT2D eigenvalue weighted by Crippen LogP contribution is 2.31. The Labute approximate surface area is 134 Å². The maximum absolute atomic E-state index is 6.09. The number of nitrogens with zero attached hydrogens (tertiary/aromatic N) is 1. The van der Waals surface area contributed by atoms with Crippen molar-refractivity contribution in [3.63, 3.8) is 0 Å². The highest BCUT2D eigenvalue weighted by atomic mass is 35.5. The minimum absolute atomic E-state index is 0.0273. The fraction of sp³-hybridized carbons (Fsp3) is 0.375. The molecule has 2 heterocycles. The van der Waals surface area contributed by atoms with Crippen molar-refractivity contribution in [1.29, 1.82) is 0 Å². The van der Waals surface area contributed by atoms with Crippen molar-refractivity contribution in [3.8, 4) is 0 Å². The molecule has 1 aromatic carbocycles. The summed E-state index contributed by atoms with van der Waals surface area (Å²) in [5.74, 6) is -0.614. The summed E-state index contributed by atoms with van der Waals surface area (Å²) < 4.78 is 11.6. The molecular weight excluding hydrogens is 309 g/mol. The van der Waals surface area contributed by atoms with E-state index < -0.39 is 5.79 Å². The molecule has 3 nitrogen and oxygen atoms in total. The second kappa shape index (κ2) is 6.01. The first-order valence-electron chi connectivity index (χ1n) is 6.91. The van der Waals surface area contributed by atoms with E-state index in [2.05, 4.69) is 11.0 Å². The van der Waals surface area contributed by atoms with Gasteiger partial charge in [0.1, 0.15) is 6.04 Å². The molecule has 5 heteroatoms. The lowest BCUT2D eigenvalue weighted by Gasteiger charge is -2.39. The first-order chi connectivity index (χ1) is 10.1. The monoisotopic (exact) mass is 325 g/mol. The van der Waals surface area contributed by atoms with Gasteiger partial charge >= 0.3 is 0 Å². The van der Waals surface area contributed by atoms with Gasteiger partial charge < -0.3 is 14.4 Å². The molecule has 0 saturated carbocycles. The van der Waals surface area contributed by atoms with Gasteiger partial charge in [0, 0.05) is 12.7 Å². The standard InChI is InChI=1S/C16H17Cl2NO2/c1-16(20-8-9-21-16)15-4-2-3-7-19(15)11-12-5-6-13(17)14(18)10-12/h2-7,10,15H,8-9,11H2,1H3. The molecule has 21 heavy (non-hydrogen) atoms. The molecule has 0 aromatic heterocycles. The van der Waals surface area contributed by atoms with Gasteiger partial charge in [0.25, 0.3) is 0 Å². The molecule has 0 spiro atoms. The van der Waals surface area contributed by atoms with Crippen LogP contribution < -0.4 is 0 Å². The number of halogens is 2. The molecule has 2 aliphatic heterocycles. The van der Waals surface area contributed by atoms with Crippen molar-refractivity contribution in [3.05, 3.63) is 58.2 Å². The zero-order valence-corrected chi connectivity index (χ0v) is 13.3. The zero-order chi connectivity index (χ0) is 14.9. The van der Waals surface area contributed by atoms with E-state index in [-0.39, 0.29) is 6.04 Å². The van der Waals surface area contributed by atoms with Crippen LogP contribution in [0.15, 0.2) is 42.6 Å². The molecule has 3 rings (SSSR count). The number of hydrogen-bond donors (Lipinski definition) is 0. The average molecular weight is 326 g/mol. The second-order valence-electron chi connectivity index (χ2n) is 5.30. The quantitative estimate of drug-likeness (QED) is 0.838. The summed E-state index contributed by atoms with van der Waals surface area (Å²) in [6, 6.07) is 5.73. The van der Waals surface area contributed by atoms with Crippen LogP contribution in [0.5, 0.6) is 0 Å². The van der Waals surface area contributed by atoms with Gasteiger partial charge in [-0.25, -0.2) is 0 Å². The predicted molar refractivity (Wildman–Crippen MR) is 84.4 cm³/mol. The van der Waals surface area contributed by atoms with Gasteiger partial charge in [0.2, 0.25) is 0 Å². The van der Waals surface area contributed by atoms with Gasteiger partial charge in [-0.1, -0.05) is 41.4 Å². The van der Waals surface area contributed by atoms with Crippen LogP contribution in [0.25, 0.3) is 0 Å². The van der Waals surface area contributed by atoms with Crippen LogP contribution in [-0.2, 0) is 16.0 Å². The number of allylic oxidation sites excluding steroid dienone is 2. The van der Waals surface area contributed by atoms with Crippen LogP contribution in [0, 0.1) is 0 Å². The molecule has 0 bridgehead atoms. The number of rotatable bonds is 3. The van der Waals surface area contributed by atoms with Gasteiger partial charge in [-0.2, -0.15) is 0 Å². The third kappa shape index (κ3) is 3.11. The molecule has 1 atom stereocenters. The van der Waals surface area contributed by atoms with E-state index in [4.69, 9.17) is 32.7 Å². The summed E-state index contributed by atoms with van der Waals surface area (Å²) in [5, 5.41) is 1.14. The largest absolute Gasteiger partial charge is 0.361 e. The molecule has 2 aliphatic rings. The van der Waals surface area contributed by atoms with E-state index in [1.807, 2.05) is 43.5 Å². The van der Waals surface area contributed by atoms with Crippen LogP contribution in [0.2, 0.25) is 10.0 Å². The van der Waals surface area contributed by atoms with Gasteiger partial charge in [0.05, 0.1) is 23.3 Å². The van der Waals surface area contributed by atoms with Crippen LogP contribution >= 0.6 is 23.2 Å². The van der Waals surface area contributed by atoms with Crippen LogP contribution in [0.4, 0.5) is 0 Å². The Morgan fingerprint density at radius 2 is 1.95 bits per heavy atom. The first kappa shape index (κ1) is 14.9. The highest BCUT2D eigenvalue weighted by Gasteiger charge is 2.41. The Bertz CT molecular complexity index is 580. The zero-order valence-electron chi connectivity index (χ0n) is 11.8. The molecule has 112 valence electrons. The van der Waals surface area contributed by atoms with Gasteiger partial charge in [0.15, 0.2) is 5.79 Å². The van der Waals surface area contributed by atoms with Crippen LogP contribution in [-0.4, -0.2) is 29.9 Å². The summed E-state index contributed by atoms with van der Waals surface area (Å²) >= 11 is 12.1. The van der Waals surface area contributed by atoms with E-state index in [1.54, 1.807) is 0 Å². The predicted octanol–water partition coefficient (Wildman–Crippen LogP) is 4.01. The molecular formula is C16H17Cl2NO2. The molecule has 0 N–H and O–H groups in total. The fourth-order valence-corrected chi connectivity index (χ4v) is 3.03. The van der Waals surface area contributed by atoms with Crippen LogP contribution in [0.3, 0.4) is 0 Å². The summed E-state index contributed by atoms with van der Waals surface area (Å²) in [5.41, 5.74) is 1.09. The topological polar surface area (TPSA) is 21.7 Å². The molecule has 1 fully saturated rings. The number of benzene rings is 1. The van der Waals surface area contributed by atoms with E-state index in [9.17, 15) is 0 Å². The Morgan fingerprint density at radius 3 is 2.67 bits per heavy atom. The van der Waals surface area contributed by atoms with Crippen molar-refractivity contribution in [1.82, 2.24) is 4.90 Å². The highest BCUT2D eigenvalue weighted by molar-refractivity contribution is 6.42. The Balaban J connectivity index is 1.80. The fourth-order valence-electron chi connectivity index (χ4n) is 2.71. The van der Waals surface area contributed by atoms with Crippen molar-refractivity contribution in [2.24, 2.45) is 0 Å². The minimum atomic E-state index is -0.614. The maximum atomic E-state index is 6.09. The molecule has 1 aromatic rings. The maximum Gasteiger partial charge on any atom is 0.189 e. The van der Waals surface area contributed by atoms with Gasteiger partial charge in [-0.3, -0.25) is 0 Å². The Morgan fingerprint density at radius 1 is 1.19 bits per heavy atom. The van der Waals surface area contributed by atoms with E-state index in [1.165, 1.54) is 0 Å². The van der Waals surface area contributed by atoms with Crippen LogP contribution in [0.1, 0.15) is 12.5 Å². The average Bonchev–Trinajstić information content (AvgIpc) is 2.91. The first-order valence-corrected chi connectivity index (χ1v) is 7.67. The molecule has 0 aliphatic carbocycles. The lowest BCUT2D eigenvalue weighted by molar-refractivity contribution is -0.173. The van der Waals surface area contributed by atoms with Crippen molar-refractivity contribution in [2.45, 2.75) is 25.3 Å². The normalized spacial score (nSPS) is 23.8. The van der Waals surface area contributed by atoms with E-state index in [0.717, 1.165) is 5.56 Å². The van der Waals surface area contributed by atoms with Gasteiger partial charge in [-0.15, -0.1) is 0 Å². The van der Waals surface area contributed by atoms with Crippen molar-refractivity contribution < 1.29 is 9.47 Å². The Hall–Kier alpha value is -1.000. The number of ether oxygens (including phenoxy) is 2.